The fraction of sp³-hybridized carbons (Fsp3) is 0.379. The van der Waals surface area contributed by atoms with Crippen molar-refractivity contribution < 1.29 is 21.2 Å². The van der Waals surface area contributed by atoms with Gasteiger partial charge in [0, 0.05) is 54.4 Å². The van der Waals surface area contributed by atoms with Crippen LogP contribution in [0.15, 0.2) is 56.7 Å². The Morgan fingerprint density at radius 1 is 0.977 bits per heavy atom. The maximum absolute atomic E-state index is 14.5. The first kappa shape index (κ1) is 32.6. The molecular formula is C29H32BrCl2FN4O4S2. The van der Waals surface area contributed by atoms with Crippen LogP contribution in [0.4, 0.5) is 10.1 Å². The summed E-state index contributed by atoms with van der Waals surface area (Å²) in [6, 6.07) is 10.0. The standard InChI is InChI=1S/C29H32BrCl2FN4O4S2/c1-18-12-26(33)25(30)16-23(18)29-24(17-36-8-10-37(11-9-36)21-4-2-3-5-21)28(42(34,38)39)7-6-27(29)35-43(40,41)22-14-19(31)13-20(32)15-22/h6-7,12-16,21,35H,2-5,8-11,17H2,1H3,(H2,34,38,39). The Hall–Kier alpha value is -1.77. The van der Waals surface area contributed by atoms with Crippen molar-refractivity contribution in [1.82, 2.24) is 9.80 Å². The van der Waals surface area contributed by atoms with Gasteiger partial charge in [-0.15, -0.1) is 0 Å². The minimum atomic E-state index is -4.24. The van der Waals surface area contributed by atoms with Crippen LogP contribution in [0.1, 0.15) is 36.8 Å². The number of halogens is 4. The Labute approximate surface area is 270 Å². The topological polar surface area (TPSA) is 113 Å². The second-order valence-corrected chi connectivity index (χ2v) is 16.0. The molecule has 5 rings (SSSR count). The van der Waals surface area contributed by atoms with Crippen LogP contribution in [-0.2, 0) is 26.6 Å². The van der Waals surface area contributed by atoms with E-state index in [1.807, 2.05) is 0 Å². The van der Waals surface area contributed by atoms with Crippen LogP contribution < -0.4 is 9.86 Å². The molecule has 3 aromatic carbocycles. The zero-order valence-corrected chi connectivity index (χ0v) is 28.1. The van der Waals surface area contributed by atoms with Gasteiger partial charge < -0.3 is 0 Å². The van der Waals surface area contributed by atoms with Crippen molar-refractivity contribution in [3.63, 3.8) is 0 Å². The number of nitrogens with two attached hydrogens (primary N) is 1. The van der Waals surface area contributed by atoms with E-state index in [2.05, 4.69) is 30.5 Å². The summed E-state index contributed by atoms with van der Waals surface area (Å²) in [5.41, 5.74) is 1.64. The Kier molecular flexibility index (Phi) is 9.80. The normalized spacial score (nSPS) is 17.4. The number of nitrogens with zero attached hydrogens (tertiary/aromatic N) is 2. The minimum Gasteiger partial charge on any atom is -0.298 e. The van der Waals surface area contributed by atoms with Gasteiger partial charge in [0.2, 0.25) is 10.0 Å². The molecule has 1 saturated heterocycles. The van der Waals surface area contributed by atoms with E-state index in [0.717, 1.165) is 13.1 Å². The first-order chi connectivity index (χ1) is 20.2. The largest absolute Gasteiger partial charge is 0.298 e. The van der Waals surface area contributed by atoms with Crippen LogP contribution in [-0.4, -0.2) is 58.9 Å². The lowest BCUT2D eigenvalue weighted by Gasteiger charge is -2.38. The van der Waals surface area contributed by atoms with Crippen molar-refractivity contribution >= 4 is 64.9 Å². The van der Waals surface area contributed by atoms with E-state index in [0.29, 0.717) is 41.4 Å². The SMILES string of the molecule is Cc1cc(F)c(Br)cc1-c1c(NS(=O)(=O)c2cc(Cl)cc(Cl)c2)ccc(S(N)(=O)=O)c1CN1CCN(C2CCCC2)CC1. The molecule has 0 bridgehead atoms. The van der Waals surface area contributed by atoms with Gasteiger partial charge in [-0.25, -0.2) is 26.4 Å². The summed E-state index contributed by atoms with van der Waals surface area (Å²) >= 11 is 15.4. The van der Waals surface area contributed by atoms with Gasteiger partial charge in [0.05, 0.1) is 20.0 Å². The maximum Gasteiger partial charge on any atom is 0.262 e. The summed E-state index contributed by atoms with van der Waals surface area (Å²) in [6.07, 6.45) is 4.86. The van der Waals surface area contributed by atoms with Crippen LogP contribution in [0.5, 0.6) is 0 Å². The Bertz CT molecular complexity index is 1740. The highest BCUT2D eigenvalue weighted by Gasteiger charge is 2.30. The number of benzene rings is 3. The Balaban J connectivity index is 1.63. The van der Waals surface area contributed by atoms with E-state index in [9.17, 15) is 21.2 Å². The number of anilines is 1. The summed E-state index contributed by atoms with van der Waals surface area (Å²) in [5, 5.41) is 5.98. The molecule has 0 unspecified atom stereocenters. The average molecular weight is 735 g/mol. The highest BCUT2D eigenvalue weighted by molar-refractivity contribution is 9.10. The monoisotopic (exact) mass is 732 g/mol. The lowest BCUT2D eigenvalue weighted by molar-refractivity contribution is 0.0933. The predicted molar refractivity (Wildman–Crippen MR) is 172 cm³/mol. The molecule has 2 fully saturated rings. The van der Waals surface area contributed by atoms with Crippen molar-refractivity contribution in [3.8, 4) is 11.1 Å². The van der Waals surface area contributed by atoms with E-state index in [-0.39, 0.29) is 36.5 Å². The summed E-state index contributed by atoms with van der Waals surface area (Å²) in [4.78, 5) is 4.33. The third-order valence-electron chi connectivity index (χ3n) is 8.13. The van der Waals surface area contributed by atoms with Gasteiger partial charge in [0.25, 0.3) is 10.0 Å². The molecule has 0 spiro atoms. The molecule has 0 atom stereocenters. The van der Waals surface area contributed by atoms with Crippen LogP contribution >= 0.6 is 39.1 Å². The summed E-state index contributed by atoms with van der Waals surface area (Å²) in [7, 11) is -8.47. The van der Waals surface area contributed by atoms with Crippen molar-refractivity contribution in [1.29, 1.82) is 0 Å². The molecule has 1 saturated carbocycles. The zero-order chi connectivity index (χ0) is 31.1. The fourth-order valence-electron chi connectivity index (χ4n) is 6.03. The molecule has 232 valence electrons. The summed E-state index contributed by atoms with van der Waals surface area (Å²) < 4.78 is 70.3. The van der Waals surface area contributed by atoms with Crippen LogP contribution in [0.2, 0.25) is 10.0 Å². The average Bonchev–Trinajstić information content (AvgIpc) is 3.45. The zero-order valence-electron chi connectivity index (χ0n) is 23.4. The molecule has 14 heteroatoms. The van der Waals surface area contributed by atoms with E-state index >= 15 is 0 Å². The number of hydrogen-bond acceptors (Lipinski definition) is 6. The van der Waals surface area contributed by atoms with Crippen molar-refractivity contribution in [2.45, 2.75) is 55.0 Å². The van der Waals surface area contributed by atoms with Gasteiger partial charge in [-0.05, 0) is 94.9 Å². The van der Waals surface area contributed by atoms with E-state index in [1.165, 1.54) is 68.1 Å². The first-order valence-electron chi connectivity index (χ1n) is 13.8. The van der Waals surface area contributed by atoms with Gasteiger partial charge in [0.15, 0.2) is 0 Å². The molecule has 1 aliphatic carbocycles. The third-order valence-corrected chi connectivity index (χ3v) is 11.5. The molecule has 8 nitrogen and oxygen atoms in total. The molecular weight excluding hydrogens is 702 g/mol. The molecule has 1 heterocycles. The number of aryl methyl sites for hydroxylation is 1. The molecule has 3 N–H and O–H groups in total. The summed E-state index contributed by atoms with van der Waals surface area (Å²) in [6.45, 7) is 4.94. The number of primary sulfonamides is 1. The highest BCUT2D eigenvalue weighted by Crippen LogP contribution is 2.41. The summed E-state index contributed by atoms with van der Waals surface area (Å²) in [5.74, 6) is -0.510. The van der Waals surface area contributed by atoms with Gasteiger partial charge in [-0.2, -0.15) is 0 Å². The van der Waals surface area contributed by atoms with Gasteiger partial charge in [-0.1, -0.05) is 36.0 Å². The lowest BCUT2D eigenvalue weighted by Crippen LogP contribution is -2.49. The highest BCUT2D eigenvalue weighted by atomic mass is 79.9. The maximum atomic E-state index is 14.5. The number of piperazine rings is 1. The predicted octanol–water partition coefficient (Wildman–Crippen LogP) is 6.38. The Morgan fingerprint density at radius 2 is 1.60 bits per heavy atom. The lowest BCUT2D eigenvalue weighted by atomic mass is 9.93. The van der Waals surface area contributed by atoms with Crippen molar-refractivity contribution in [3.05, 3.63) is 73.9 Å². The molecule has 2 aliphatic rings. The number of rotatable bonds is 8. The van der Waals surface area contributed by atoms with Crippen LogP contribution in [0.25, 0.3) is 11.1 Å². The van der Waals surface area contributed by atoms with E-state index in [4.69, 9.17) is 28.3 Å². The van der Waals surface area contributed by atoms with Crippen LogP contribution in [0.3, 0.4) is 0 Å². The second kappa shape index (κ2) is 12.9. The second-order valence-electron chi connectivity index (χ2n) is 11.1. The number of nitrogens with one attached hydrogen (secondary N) is 1. The van der Waals surface area contributed by atoms with Gasteiger partial charge >= 0.3 is 0 Å². The quantitative estimate of drug-likeness (QED) is 0.278. The number of sulfonamides is 2. The molecule has 0 amide bonds. The van der Waals surface area contributed by atoms with Crippen molar-refractivity contribution in [2.75, 3.05) is 30.9 Å². The smallest absolute Gasteiger partial charge is 0.262 e. The molecule has 1 aliphatic heterocycles. The van der Waals surface area contributed by atoms with Crippen LogP contribution in [0, 0.1) is 12.7 Å². The Morgan fingerprint density at radius 3 is 2.21 bits per heavy atom. The minimum absolute atomic E-state index is 0.102. The van der Waals surface area contributed by atoms with E-state index < -0.39 is 25.9 Å². The van der Waals surface area contributed by atoms with Crippen molar-refractivity contribution in [2.24, 2.45) is 5.14 Å². The molecule has 43 heavy (non-hydrogen) atoms. The molecule has 0 aromatic heterocycles. The fourth-order valence-corrected chi connectivity index (χ4v) is 8.94. The van der Waals surface area contributed by atoms with Gasteiger partial charge in [-0.3, -0.25) is 14.5 Å². The van der Waals surface area contributed by atoms with E-state index in [1.54, 1.807) is 6.92 Å². The molecule has 3 aromatic rings. The van der Waals surface area contributed by atoms with Gasteiger partial charge in [0.1, 0.15) is 5.82 Å². The third kappa shape index (κ3) is 7.38. The number of hydrogen-bond donors (Lipinski definition) is 2. The molecule has 0 radical (unpaired) electrons. The first-order valence-corrected chi connectivity index (χ1v) is 18.4.